The maximum absolute atomic E-state index is 13.5. The third-order valence-electron chi connectivity index (χ3n) is 7.06. The molecule has 0 radical (unpaired) electrons. The van der Waals surface area contributed by atoms with Crippen LogP contribution in [0.3, 0.4) is 0 Å². The van der Waals surface area contributed by atoms with Gasteiger partial charge in [0.05, 0.1) is 28.0 Å². The fourth-order valence-electron chi connectivity index (χ4n) is 4.74. The molecule has 2 N–H and O–H groups in total. The van der Waals surface area contributed by atoms with Crippen molar-refractivity contribution in [3.8, 4) is 0 Å². The zero-order valence-electron chi connectivity index (χ0n) is 25.5. The Morgan fingerprint density at radius 2 is 1.65 bits per heavy atom. The summed E-state index contributed by atoms with van der Waals surface area (Å²) in [6, 6.07) is 26.5. The van der Waals surface area contributed by atoms with Gasteiger partial charge in [0.15, 0.2) is 0 Å². The van der Waals surface area contributed by atoms with E-state index in [1.54, 1.807) is 61.5 Å². The third-order valence-corrected chi connectivity index (χ3v) is 8.23. The van der Waals surface area contributed by atoms with E-state index in [-0.39, 0.29) is 30.3 Å². The van der Waals surface area contributed by atoms with Crippen LogP contribution in [-0.2, 0) is 19.1 Å². The van der Waals surface area contributed by atoms with E-state index in [9.17, 15) is 34.1 Å². The number of thioether (sulfide) groups is 1. The molecule has 1 aliphatic rings. The average molecular weight is 665 g/mol. The zero-order chi connectivity index (χ0) is 34.2. The van der Waals surface area contributed by atoms with Gasteiger partial charge in [-0.2, -0.15) is 0 Å². The van der Waals surface area contributed by atoms with Crippen molar-refractivity contribution in [1.29, 1.82) is 0 Å². The number of imide groups is 1. The minimum atomic E-state index is -0.726. The summed E-state index contributed by atoms with van der Waals surface area (Å²) in [5.74, 6) is -2.51. The van der Waals surface area contributed by atoms with E-state index in [0.29, 0.717) is 33.0 Å². The lowest BCUT2D eigenvalue weighted by molar-refractivity contribution is -0.384. The molecular weight excluding hydrogens is 636 g/mol. The first-order valence-corrected chi connectivity index (χ1v) is 15.6. The van der Waals surface area contributed by atoms with E-state index < -0.39 is 33.9 Å². The molecule has 1 atom stereocenters. The highest BCUT2D eigenvalue weighted by Gasteiger charge is 2.40. The van der Waals surface area contributed by atoms with Crippen LogP contribution in [0, 0.1) is 10.1 Å². The number of nitrogens with zero attached hydrogens (tertiary/aromatic N) is 2. The molecule has 0 saturated carbocycles. The Bertz CT molecular complexity index is 1910. The summed E-state index contributed by atoms with van der Waals surface area (Å²) < 4.78 is 4.98. The maximum atomic E-state index is 13.5. The number of nitro groups is 1. The molecule has 242 valence electrons. The van der Waals surface area contributed by atoms with Gasteiger partial charge < -0.3 is 15.4 Å². The molecule has 12 nitrogen and oxygen atoms in total. The molecule has 1 heterocycles. The lowest BCUT2D eigenvalue weighted by Gasteiger charge is -2.15. The van der Waals surface area contributed by atoms with Crippen molar-refractivity contribution in [2.24, 2.45) is 0 Å². The molecule has 0 spiro atoms. The molecule has 1 saturated heterocycles. The van der Waals surface area contributed by atoms with Crippen molar-refractivity contribution >= 4 is 64.5 Å². The van der Waals surface area contributed by atoms with Gasteiger partial charge in [0.2, 0.25) is 11.8 Å². The SMILES string of the molecule is CCOC(=O)c1ccc(N2C(=O)C[C@H](Sc3cccc(NC(=O)/C(=C/c4ccc([N+](=O)[O-])cc4)NC(=O)c4ccccc4)c3)C2=O)cc1. The molecule has 0 aromatic heterocycles. The van der Waals surface area contributed by atoms with Gasteiger partial charge in [-0.1, -0.05) is 24.3 Å². The number of esters is 1. The standard InChI is InChI=1S/C35H28N4O8S/c1-2-47-35(44)24-13-17-26(18-14-24)38-31(40)21-30(34(38)43)48-28-10-6-9-25(20-28)36-33(42)29(37-32(41)23-7-4-3-5-8-23)19-22-11-15-27(16-12-22)39(45)46/h3-20,30H,2,21H2,1H3,(H,36,42)(H,37,41)/b29-19-/t30-/m0/s1. The summed E-state index contributed by atoms with van der Waals surface area (Å²) in [4.78, 5) is 76.7. The number of nitrogens with one attached hydrogen (secondary N) is 2. The Labute approximate surface area is 278 Å². The van der Waals surface area contributed by atoms with Crippen molar-refractivity contribution in [1.82, 2.24) is 5.32 Å². The zero-order valence-corrected chi connectivity index (χ0v) is 26.3. The van der Waals surface area contributed by atoms with Gasteiger partial charge in [-0.25, -0.2) is 9.69 Å². The second kappa shape index (κ2) is 15.0. The van der Waals surface area contributed by atoms with E-state index in [0.717, 1.165) is 16.7 Å². The third kappa shape index (κ3) is 8.00. The number of amides is 4. The van der Waals surface area contributed by atoms with Crippen LogP contribution in [0.4, 0.5) is 17.1 Å². The van der Waals surface area contributed by atoms with E-state index >= 15 is 0 Å². The molecule has 0 aliphatic carbocycles. The summed E-state index contributed by atoms with van der Waals surface area (Å²) in [5, 5.41) is 15.7. The molecule has 1 fully saturated rings. The van der Waals surface area contributed by atoms with Gasteiger partial charge in [0.1, 0.15) is 5.70 Å². The average Bonchev–Trinajstić information content (AvgIpc) is 3.36. The van der Waals surface area contributed by atoms with Crippen LogP contribution in [0.5, 0.6) is 0 Å². The van der Waals surface area contributed by atoms with Crippen molar-refractivity contribution in [3.63, 3.8) is 0 Å². The number of ether oxygens (including phenoxy) is 1. The molecule has 5 rings (SSSR count). The second-order valence-electron chi connectivity index (χ2n) is 10.4. The Kier molecular flexibility index (Phi) is 10.4. The van der Waals surface area contributed by atoms with Crippen molar-refractivity contribution in [3.05, 3.63) is 136 Å². The number of benzene rings is 4. The highest BCUT2D eigenvalue weighted by Crippen LogP contribution is 2.35. The first-order chi connectivity index (χ1) is 23.1. The van der Waals surface area contributed by atoms with E-state index in [2.05, 4.69) is 10.6 Å². The lowest BCUT2D eigenvalue weighted by Crippen LogP contribution is -2.31. The van der Waals surface area contributed by atoms with E-state index in [1.807, 2.05) is 0 Å². The quantitative estimate of drug-likeness (QED) is 0.0682. The highest BCUT2D eigenvalue weighted by molar-refractivity contribution is 8.00. The number of hydrogen-bond acceptors (Lipinski definition) is 9. The fraction of sp³-hybridized carbons (Fsp3) is 0.114. The lowest BCUT2D eigenvalue weighted by atomic mass is 10.1. The van der Waals surface area contributed by atoms with Crippen LogP contribution in [0.15, 0.2) is 114 Å². The van der Waals surface area contributed by atoms with Gasteiger partial charge in [0.25, 0.3) is 17.5 Å². The summed E-state index contributed by atoms with van der Waals surface area (Å²) in [6.45, 7) is 1.92. The minimum Gasteiger partial charge on any atom is -0.462 e. The Morgan fingerprint density at radius 3 is 2.31 bits per heavy atom. The van der Waals surface area contributed by atoms with Crippen molar-refractivity contribution < 1.29 is 33.6 Å². The van der Waals surface area contributed by atoms with E-state index in [4.69, 9.17) is 4.74 Å². The summed E-state index contributed by atoms with van der Waals surface area (Å²) >= 11 is 1.16. The Hall–Kier alpha value is -6.08. The minimum absolute atomic E-state index is 0.0483. The van der Waals surface area contributed by atoms with Crippen molar-refractivity contribution in [2.75, 3.05) is 16.8 Å². The molecule has 0 unspecified atom stereocenters. The van der Waals surface area contributed by atoms with Crippen molar-refractivity contribution in [2.45, 2.75) is 23.5 Å². The molecule has 13 heteroatoms. The van der Waals surface area contributed by atoms with Crippen LogP contribution in [0.2, 0.25) is 0 Å². The van der Waals surface area contributed by atoms with Gasteiger partial charge in [-0.15, -0.1) is 11.8 Å². The fourth-order valence-corrected chi connectivity index (χ4v) is 5.85. The smallest absolute Gasteiger partial charge is 0.338 e. The topological polar surface area (TPSA) is 165 Å². The summed E-state index contributed by atoms with van der Waals surface area (Å²) in [7, 11) is 0. The Balaban J connectivity index is 1.30. The monoisotopic (exact) mass is 664 g/mol. The van der Waals surface area contributed by atoms with Gasteiger partial charge >= 0.3 is 5.97 Å². The summed E-state index contributed by atoms with van der Waals surface area (Å²) in [6.07, 6.45) is 1.35. The molecule has 48 heavy (non-hydrogen) atoms. The molecule has 1 aliphatic heterocycles. The van der Waals surface area contributed by atoms with E-state index in [1.165, 1.54) is 54.6 Å². The first-order valence-electron chi connectivity index (χ1n) is 14.7. The second-order valence-corrected chi connectivity index (χ2v) is 11.6. The number of hydrogen-bond donors (Lipinski definition) is 2. The number of anilines is 2. The number of rotatable bonds is 11. The molecule has 4 aromatic rings. The maximum Gasteiger partial charge on any atom is 0.338 e. The van der Waals surface area contributed by atoms with Crippen LogP contribution in [0.25, 0.3) is 6.08 Å². The number of carbonyl (C=O) groups excluding carboxylic acids is 5. The molecule has 4 aromatic carbocycles. The summed E-state index contributed by atoms with van der Waals surface area (Å²) in [5.41, 5.74) is 1.51. The highest BCUT2D eigenvalue weighted by atomic mass is 32.2. The predicted octanol–water partition coefficient (Wildman–Crippen LogP) is 5.61. The van der Waals surface area contributed by atoms with Gasteiger partial charge in [0, 0.05) is 34.7 Å². The first kappa shape index (κ1) is 33.3. The predicted molar refractivity (Wildman–Crippen MR) is 179 cm³/mol. The largest absolute Gasteiger partial charge is 0.462 e. The number of carbonyl (C=O) groups is 5. The van der Waals surface area contributed by atoms with Crippen LogP contribution in [0.1, 0.15) is 39.6 Å². The van der Waals surface area contributed by atoms with Crippen LogP contribution >= 0.6 is 11.8 Å². The molecule has 0 bridgehead atoms. The van der Waals surface area contributed by atoms with Crippen LogP contribution in [-0.4, -0.2) is 46.4 Å². The van der Waals surface area contributed by atoms with Crippen LogP contribution < -0.4 is 15.5 Å². The normalized spacial score (nSPS) is 14.4. The number of nitro benzene ring substituents is 1. The number of non-ortho nitro benzene ring substituents is 1. The Morgan fingerprint density at radius 1 is 0.938 bits per heavy atom. The molecule has 4 amide bonds. The van der Waals surface area contributed by atoms with Gasteiger partial charge in [-0.05, 0) is 85.3 Å². The molecular formula is C35H28N4O8S. The van der Waals surface area contributed by atoms with Gasteiger partial charge in [-0.3, -0.25) is 29.3 Å².